The predicted molar refractivity (Wildman–Crippen MR) is 128 cm³/mol. The second kappa shape index (κ2) is 10.9. The highest BCUT2D eigenvalue weighted by molar-refractivity contribution is 7.19. The van der Waals surface area contributed by atoms with Crippen LogP contribution in [0.1, 0.15) is 33.6 Å². The number of hydrogen-bond acceptors (Lipinski definition) is 4. The number of benzene rings is 2. The van der Waals surface area contributed by atoms with Crippen molar-refractivity contribution >= 4 is 33.0 Å². The lowest BCUT2D eigenvalue weighted by Gasteiger charge is -2.36. The average molecular weight is 548 g/mol. The number of anilines is 1. The van der Waals surface area contributed by atoms with Crippen molar-refractivity contribution in [1.82, 2.24) is 10.2 Å². The van der Waals surface area contributed by atoms with Crippen molar-refractivity contribution in [3.63, 3.8) is 0 Å². The zero-order chi connectivity index (χ0) is 26.8. The Hall–Kier alpha value is -2.86. The second-order valence-electron chi connectivity index (χ2n) is 8.73. The molecular formula is C25H24F7N3OS. The SMILES string of the molecule is O=C(NCCCCN1CCN(c2c(C(F)(F)F)sc3cccc(F)c23)CC1)c1ccccc1C(F)(F)F. The van der Waals surface area contributed by atoms with E-state index in [1.807, 2.05) is 0 Å². The molecule has 1 saturated heterocycles. The van der Waals surface area contributed by atoms with Crippen LogP contribution in [0, 0.1) is 5.82 Å². The molecular weight excluding hydrogens is 523 g/mol. The van der Waals surface area contributed by atoms with Crippen molar-refractivity contribution in [2.45, 2.75) is 25.2 Å². The lowest BCUT2D eigenvalue weighted by Crippen LogP contribution is -2.47. The Balaban J connectivity index is 1.28. The van der Waals surface area contributed by atoms with E-state index < -0.39 is 40.1 Å². The fourth-order valence-corrected chi connectivity index (χ4v) is 5.57. The third-order valence-corrected chi connectivity index (χ3v) is 7.44. The van der Waals surface area contributed by atoms with Gasteiger partial charge in [0.05, 0.1) is 22.2 Å². The Kier molecular flexibility index (Phi) is 7.98. The molecule has 200 valence electrons. The summed E-state index contributed by atoms with van der Waals surface area (Å²) < 4.78 is 95.1. The molecule has 4 rings (SSSR count). The van der Waals surface area contributed by atoms with E-state index in [0.29, 0.717) is 56.9 Å². The van der Waals surface area contributed by atoms with Crippen LogP contribution < -0.4 is 10.2 Å². The number of carbonyl (C=O) groups is 1. The van der Waals surface area contributed by atoms with Crippen LogP contribution in [-0.2, 0) is 12.4 Å². The number of piperazine rings is 1. The third-order valence-electron chi connectivity index (χ3n) is 6.25. The molecule has 1 N–H and O–H groups in total. The van der Waals surface area contributed by atoms with E-state index >= 15 is 0 Å². The normalized spacial score (nSPS) is 15.4. The number of nitrogens with one attached hydrogen (secondary N) is 1. The minimum absolute atomic E-state index is 0.00360. The third kappa shape index (κ3) is 6.18. The number of unbranched alkanes of at least 4 members (excludes halogenated alkanes) is 1. The summed E-state index contributed by atoms with van der Waals surface area (Å²) in [6.07, 6.45) is -8.05. The molecule has 37 heavy (non-hydrogen) atoms. The number of carbonyl (C=O) groups excluding carboxylic acids is 1. The van der Waals surface area contributed by atoms with E-state index in [4.69, 9.17) is 0 Å². The summed E-state index contributed by atoms with van der Waals surface area (Å²) in [5, 5.41) is 2.51. The first-order chi connectivity index (χ1) is 17.5. The van der Waals surface area contributed by atoms with Crippen LogP contribution in [0.4, 0.5) is 36.4 Å². The molecule has 1 aliphatic rings. The first-order valence-electron chi connectivity index (χ1n) is 11.7. The number of alkyl halides is 6. The van der Waals surface area contributed by atoms with Crippen molar-refractivity contribution in [1.29, 1.82) is 0 Å². The van der Waals surface area contributed by atoms with Gasteiger partial charge in [-0.05, 0) is 43.7 Å². The van der Waals surface area contributed by atoms with Gasteiger partial charge in [0.25, 0.3) is 5.91 Å². The maximum Gasteiger partial charge on any atom is 0.427 e. The Bertz CT molecular complexity index is 1250. The van der Waals surface area contributed by atoms with Gasteiger partial charge in [-0.25, -0.2) is 4.39 Å². The molecule has 0 saturated carbocycles. The Morgan fingerprint density at radius 1 is 0.892 bits per heavy atom. The highest BCUT2D eigenvalue weighted by atomic mass is 32.1. The first-order valence-corrected chi connectivity index (χ1v) is 12.5. The van der Waals surface area contributed by atoms with Crippen LogP contribution >= 0.6 is 11.3 Å². The second-order valence-corrected chi connectivity index (χ2v) is 9.78. The molecule has 2 heterocycles. The van der Waals surface area contributed by atoms with Gasteiger partial charge in [0.1, 0.15) is 10.7 Å². The molecule has 0 spiro atoms. The predicted octanol–water partition coefficient (Wildman–Crippen LogP) is 6.41. The summed E-state index contributed by atoms with van der Waals surface area (Å²) in [5.41, 5.74) is -1.52. The van der Waals surface area contributed by atoms with Gasteiger partial charge in [0.15, 0.2) is 0 Å². The van der Waals surface area contributed by atoms with Gasteiger partial charge in [-0.1, -0.05) is 18.2 Å². The fourth-order valence-electron chi connectivity index (χ4n) is 4.47. The van der Waals surface area contributed by atoms with Crippen LogP contribution in [-0.4, -0.2) is 50.1 Å². The maximum atomic E-state index is 14.5. The Morgan fingerprint density at radius 2 is 1.59 bits per heavy atom. The van der Waals surface area contributed by atoms with Crippen LogP contribution in [0.3, 0.4) is 0 Å². The summed E-state index contributed by atoms with van der Waals surface area (Å²) >= 11 is 0.544. The standard InChI is InChI=1S/C25H24F7N3OS/c26-18-8-5-9-19-20(18)21(22(37-19)25(30,31)32)35-14-12-34(13-15-35)11-4-3-10-33-23(36)16-6-1-2-7-17(16)24(27,28)29/h1-2,5-9H,3-4,10-15H2,(H,33,36). The minimum Gasteiger partial charge on any atom is -0.367 e. The van der Waals surface area contributed by atoms with Crippen LogP contribution in [0.5, 0.6) is 0 Å². The largest absolute Gasteiger partial charge is 0.427 e. The van der Waals surface area contributed by atoms with Gasteiger partial charge < -0.3 is 10.2 Å². The Morgan fingerprint density at radius 3 is 2.27 bits per heavy atom. The highest BCUT2D eigenvalue weighted by Gasteiger charge is 2.40. The molecule has 12 heteroatoms. The zero-order valence-corrected chi connectivity index (χ0v) is 20.4. The summed E-state index contributed by atoms with van der Waals surface area (Å²) in [5.74, 6) is -1.47. The number of fused-ring (bicyclic) bond motifs is 1. The molecule has 1 aromatic heterocycles. The van der Waals surface area contributed by atoms with Gasteiger partial charge in [0, 0.05) is 37.4 Å². The van der Waals surface area contributed by atoms with Gasteiger partial charge >= 0.3 is 12.4 Å². The van der Waals surface area contributed by atoms with Crippen molar-refractivity contribution in [3.8, 4) is 0 Å². The molecule has 2 aromatic carbocycles. The maximum absolute atomic E-state index is 14.5. The molecule has 4 nitrogen and oxygen atoms in total. The Labute approximate surface area is 212 Å². The van der Waals surface area contributed by atoms with E-state index in [1.165, 1.54) is 24.3 Å². The fraction of sp³-hybridized carbons (Fsp3) is 0.400. The van der Waals surface area contributed by atoms with E-state index in [9.17, 15) is 35.5 Å². The van der Waals surface area contributed by atoms with Gasteiger partial charge in [0.2, 0.25) is 0 Å². The van der Waals surface area contributed by atoms with Gasteiger partial charge in [-0.15, -0.1) is 11.3 Å². The lowest BCUT2D eigenvalue weighted by atomic mass is 10.1. The number of amides is 1. The highest BCUT2D eigenvalue weighted by Crippen LogP contribution is 2.48. The molecule has 3 aromatic rings. The average Bonchev–Trinajstić information content (AvgIpc) is 3.25. The summed E-state index contributed by atoms with van der Waals surface area (Å²) in [4.78, 5) is 15.1. The van der Waals surface area contributed by atoms with E-state index in [0.717, 1.165) is 18.2 Å². The van der Waals surface area contributed by atoms with Crippen molar-refractivity contribution < 1.29 is 35.5 Å². The molecule has 0 bridgehead atoms. The lowest BCUT2D eigenvalue weighted by molar-refractivity contribution is -0.138. The summed E-state index contributed by atoms with van der Waals surface area (Å²) in [6.45, 7) is 2.37. The van der Waals surface area contributed by atoms with Crippen molar-refractivity contribution in [2.24, 2.45) is 0 Å². The zero-order valence-electron chi connectivity index (χ0n) is 19.6. The van der Waals surface area contributed by atoms with E-state index in [2.05, 4.69) is 10.2 Å². The van der Waals surface area contributed by atoms with Crippen LogP contribution in [0.25, 0.3) is 10.1 Å². The van der Waals surface area contributed by atoms with E-state index in [-0.39, 0.29) is 22.3 Å². The molecule has 1 amide bonds. The monoisotopic (exact) mass is 547 g/mol. The number of hydrogen-bond donors (Lipinski definition) is 1. The van der Waals surface area contributed by atoms with Crippen LogP contribution in [0.15, 0.2) is 42.5 Å². The summed E-state index contributed by atoms with van der Waals surface area (Å²) in [7, 11) is 0. The molecule has 0 atom stereocenters. The first kappa shape index (κ1) is 27.2. The van der Waals surface area contributed by atoms with Gasteiger partial charge in [-0.3, -0.25) is 9.69 Å². The number of nitrogens with zero attached hydrogens (tertiary/aromatic N) is 2. The summed E-state index contributed by atoms with van der Waals surface area (Å²) in [6, 6.07) is 8.63. The topological polar surface area (TPSA) is 35.6 Å². The van der Waals surface area contributed by atoms with E-state index in [1.54, 1.807) is 4.90 Å². The number of thiophene rings is 1. The minimum atomic E-state index is -4.63. The smallest absolute Gasteiger partial charge is 0.367 e. The molecule has 1 fully saturated rings. The molecule has 0 unspecified atom stereocenters. The van der Waals surface area contributed by atoms with Crippen molar-refractivity contribution in [3.05, 3.63) is 64.3 Å². The number of rotatable bonds is 7. The molecule has 0 aliphatic carbocycles. The van der Waals surface area contributed by atoms with Gasteiger partial charge in [-0.2, -0.15) is 26.3 Å². The molecule has 1 aliphatic heterocycles. The molecule has 0 radical (unpaired) electrons. The van der Waals surface area contributed by atoms with Crippen LogP contribution in [0.2, 0.25) is 0 Å². The quantitative estimate of drug-likeness (QED) is 0.274. The van der Waals surface area contributed by atoms with Crippen molar-refractivity contribution in [2.75, 3.05) is 44.2 Å². The number of halogens is 7.